The Kier molecular flexibility index (Phi) is 3.97. The zero-order valence-electron chi connectivity index (χ0n) is 10.3. The summed E-state index contributed by atoms with van der Waals surface area (Å²) in [7, 11) is 1.89. The van der Waals surface area contributed by atoms with Crippen LogP contribution in [0.5, 0.6) is 0 Å². The number of nitrogens with zero attached hydrogens (tertiary/aromatic N) is 2. The van der Waals surface area contributed by atoms with Crippen LogP contribution in [0.25, 0.3) is 0 Å². The fraction of sp³-hybridized carbons (Fsp3) is 0.615. The van der Waals surface area contributed by atoms with E-state index in [0.29, 0.717) is 12.5 Å². The van der Waals surface area contributed by atoms with Gasteiger partial charge >= 0.3 is 0 Å². The molecule has 0 aromatic carbocycles. The first-order valence-electron chi connectivity index (χ1n) is 6.18. The van der Waals surface area contributed by atoms with Crippen LogP contribution in [-0.2, 0) is 7.05 Å². The first-order chi connectivity index (χ1) is 8.20. The molecule has 1 atom stereocenters. The predicted molar refractivity (Wildman–Crippen MR) is 66.0 cm³/mol. The highest BCUT2D eigenvalue weighted by Gasteiger charge is 2.21. The van der Waals surface area contributed by atoms with E-state index in [1.54, 1.807) is 0 Å². The minimum atomic E-state index is 0.163. The number of ketones is 1. The van der Waals surface area contributed by atoms with E-state index in [4.69, 9.17) is 5.11 Å². The summed E-state index contributed by atoms with van der Waals surface area (Å²) in [6.45, 7) is 2.50. The van der Waals surface area contributed by atoms with Gasteiger partial charge in [0.05, 0.1) is 12.2 Å². The number of likely N-dealkylation sites (tertiary alicyclic amines) is 1. The van der Waals surface area contributed by atoms with Gasteiger partial charge in [0.1, 0.15) is 0 Å². The van der Waals surface area contributed by atoms with Crippen molar-refractivity contribution >= 4 is 5.78 Å². The number of aromatic nitrogens is 1. The van der Waals surface area contributed by atoms with E-state index in [1.165, 1.54) is 0 Å². The molecule has 1 fully saturated rings. The second-order valence-electron chi connectivity index (χ2n) is 4.85. The van der Waals surface area contributed by atoms with Gasteiger partial charge in [-0.15, -0.1) is 0 Å². The molecule has 1 aromatic heterocycles. The van der Waals surface area contributed by atoms with Gasteiger partial charge in [-0.05, 0) is 37.4 Å². The van der Waals surface area contributed by atoms with Crippen LogP contribution in [0.4, 0.5) is 0 Å². The van der Waals surface area contributed by atoms with Crippen molar-refractivity contribution in [1.82, 2.24) is 9.47 Å². The van der Waals surface area contributed by atoms with Crippen LogP contribution in [0, 0.1) is 5.92 Å². The van der Waals surface area contributed by atoms with Gasteiger partial charge in [0.25, 0.3) is 0 Å². The molecule has 2 rings (SSSR count). The summed E-state index contributed by atoms with van der Waals surface area (Å²) in [6, 6.07) is 3.75. The van der Waals surface area contributed by atoms with Crippen molar-refractivity contribution in [2.45, 2.75) is 12.8 Å². The summed E-state index contributed by atoms with van der Waals surface area (Å²) in [5, 5.41) is 9.16. The van der Waals surface area contributed by atoms with Gasteiger partial charge in [0.2, 0.25) is 0 Å². The molecule has 0 radical (unpaired) electrons. The highest BCUT2D eigenvalue weighted by molar-refractivity contribution is 5.96. The molecule has 0 amide bonds. The molecule has 4 nitrogen and oxygen atoms in total. The molecule has 0 bridgehead atoms. The molecule has 0 saturated carbocycles. The van der Waals surface area contributed by atoms with Gasteiger partial charge in [-0.25, -0.2) is 0 Å². The summed E-state index contributed by atoms with van der Waals surface area (Å²) >= 11 is 0. The normalized spacial score (nSPS) is 21.6. The lowest BCUT2D eigenvalue weighted by Crippen LogP contribution is -2.40. The van der Waals surface area contributed by atoms with Gasteiger partial charge in [0, 0.05) is 26.4 Å². The van der Waals surface area contributed by atoms with Crippen LogP contribution in [-0.4, -0.2) is 46.6 Å². The Bertz CT molecular complexity index is 387. The first kappa shape index (κ1) is 12.3. The molecule has 1 unspecified atom stereocenters. The van der Waals surface area contributed by atoms with Crippen molar-refractivity contribution in [3.63, 3.8) is 0 Å². The molecule has 94 valence electrons. The van der Waals surface area contributed by atoms with E-state index < -0.39 is 0 Å². The van der Waals surface area contributed by atoms with Gasteiger partial charge in [-0.3, -0.25) is 9.69 Å². The maximum atomic E-state index is 12.1. The number of carbonyl (C=O) groups excluding carboxylic acids is 1. The monoisotopic (exact) mass is 236 g/mol. The van der Waals surface area contributed by atoms with E-state index >= 15 is 0 Å². The summed E-state index contributed by atoms with van der Waals surface area (Å²) in [6.07, 6.45) is 4.04. The third-order valence-corrected chi connectivity index (χ3v) is 3.46. The lowest BCUT2D eigenvalue weighted by molar-refractivity contribution is 0.0826. The van der Waals surface area contributed by atoms with Gasteiger partial charge in [-0.1, -0.05) is 0 Å². The number of rotatable bonds is 4. The molecule has 1 saturated heterocycles. The molecular formula is C13H20N2O2. The van der Waals surface area contributed by atoms with Gasteiger partial charge in [-0.2, -0.15) is 0 Å². The number of aliphatic hydroxyl groups excluding tert-OH is 1. The number of aryl methyl sites for hydroxylation is 1. The number of aliphatic hydroxyl groups is 1. The zero-order valence-corrected chi connectivity index (χ0v) is 10.3. The Morgan fingerprint density at radius 2 is 2.41 bits per heavy atom. The smallest absolute Gasteiger partial charge is 0.193 e. The van der Waals surface area contributed by atoms with Crippen molar-refractivity contribution in [3.05, 3.63) is 24.0 Å². The van der Waals surface area contributed by atoms with Crippen molar-refractivity contribution < 1.29 is 9.90 Å². The van der Waals surface area contributed by atoms with Crippen LogP contribution < -0.4 is 0 Å². The molecule has 1 aromatic rings. The molecule has 0 aliphatic carbocycles. The fourth-order valence-electron chi connectivity index (χ4n) is 2.48. The minimum absolute atomic E-state index is 0.163. The number of hydrogen-bond acceptors (Lipinski definition) is 3. The van der Waals surface area contributed by atoms with Crippen LogP contribution in [0.15, 0.2) is 18.3 Å². The molecule has 1 N–H and O–H groups in total. The Balaban J connectivity index is 1.93. The molecule has 2 heterocycles. The molecule has 4 heteroatoms. The second kappa shape index (κ2) is 5.47. The molecule has 1 aliphatic rings. The number of carbonyl (C=O) groups is 1. The first-order valence-corrected chi connectivity index (χ1v) is 6.18. The second-order valence-corrected chi connectivity index (χ2v) is 4.85. The maximum absolute atomic E-state index is 12.1. The fourth-order valence-corrected chi connectivity index (χ4v) is 2.48. The average Bonchev–Trinajstić information content (AvgIpc) is 2.76. The Morgan fingerprint density at radius 3 is 3.06 bits per heavy atom. The van der Waals surface area contributed by atoms with Gasteiger partial charge < -0.3 is 9.67 Å². The van der Waals surface area contributed by atoms with Crippen LogP contribution in [0.2, 0.25) is 0 Å². The van der Waals surface area contributed by atoms with E-state index in [1.807, 2.05) is 29.9 Å². The molecule has 17 heavy (non-hydrogen) atoms. The molecular weight excluding hydrogens is 216 g/mol. The average molecular weight is 236 g/mol. The highest BCUT2D eigenvalue weighted by atomic mass is 16.3. The van der Waals surface area contributed by atoms with Crippen molar-refractivity contribution in [2.24, 2.45) is 13.0 Å². The molecule has 0 spiro atoms. The van der Waals surface area contributed by atoms with Crippen LogP contribution in [0.3, 0.4) is 0 Å². The standard InChI is InChI=1S/C13H20N2O2/c1-14-6-3-5-12(14)13(17)9-15-7-2-4-11(8-15)10-16/h3,5-6,11,16H,2,4,7-10H2,1H3. The summed E-state index contributed by atoms with van der Waals surface area (Å²) in [4.78, 5) is 14.2. The van der Waals surface area contributed by atoms with Crippen molar-refractivity contribution in [2.75, 3.05) is 26.2 Å². The summed E-state index contributed by atoms with van der Waals surface area (Å²) in [5.74, 6) is 0.501. The lowest BCUT2D eigenvalue weighted by Gasteiger charge is -2.31. The van der Waals surface area contributed by atoms with Crippen LogP contribution >= 0.6 is 0 Å². The number of piperidine rings is 1. The number of hydrogen-bond donors (Lipinski definition) is 1. The Labute approximate surface area is 102 Å². The van der Waals surface area contributed by atoms with E-state index in [2.05, 4.69) is 4.90 Å². The topological polar surface area (TPSA) is 45.5 Å². The minimum Gasteiger partial charge on any atom is -0.396 e. The largest absolute Gasteiger partial charge is 0.396 e. The van der Waals surface area contributed by atoms with Crippen LogP contribution in [0.1, 0.15) is 23.3 Å². The highest BCUT2D eigenvalue weighted by Crippen LogP contribution is 2.16. The quantitative estimate of drug-likeness (QED) is 0.790. The Hall–Kier alpha value is -1.13. The third-order valence-electron chi connectivity index (χ3n) is 3.46. The number of Topliss-reactive ketones (excluding diaryl/α,β-unsaturated/α-hetero) is 1. The molecule has 1 aliphatic heterocycles. The summed E-state index contributed by atoms with van der Waals surface area (Å²) in [5.41, 5.74) is 0.760. The maximum Gasteiger partial charge on any atom is 0.193 e. The van der Waals surface area contributed by atoms with E-state index in [9.17, 15) is 4.79 Å². The van der Waals surface area contributed by atoms with Crippen molar-refractivity contribution in [1.29, 1.82) is 0 Å². The lowest BCUT2D eigenvalue weighted by atomic mass is 9.99. The Morgan fingerprint density at radius 1 is 1.59 bits per heavy atom. The predicted octanol–water partition coefficient (Wildman–Crippen LogP) is 0.912. The zero-order chi connectivity index (χ0) is 12.3. The van der Waals surface area contributed by atoms with Crippen molar-refractivity contribution in [3.8, 4) is 0 Å². The SMILES string of the molecule is Cn1cccc1C(=O)CN1CCCC(CO)C1. The summed E-state index contributed by atoms with van der Waals surface area (Å²) < 4.78 is 1.86. The van der Waals surface area contributed by atoms with Gasteiger partial charge in [0.15, 0.2) is 5.78 Å². The third kappa shape index (κ3) is 2.96. The van der Waals surface area contributed by atoms with E-state index in [-0.39, 0.29) is 12.4 Å². The van der Waals surface area contributed by atoms with E-state index in [0.717, 1.165) is 31.6 Å².